The van der Waals surface area contributed by atoms with E-state index in [9.17, 15) is 4.79 Å². The minimum atomic E-state index is -0.0513. The summed E-state index contributed by atoms with van der Waals surface area (Å²) in [7, 11) is 0. The van der Waals surface area contributed by atoms with E-state index in [0.29, 0.717) is 29.4 Å². The average Bonchev–Trinajstić information content (AvgIpc) is 3.45. The lowest BCUT2D eigenvalue weighted by molar-refractivity contribution is -0.115. The molecule has 0 aliphatic heterocycles. The van der Waals surface area contributed by atoms with Crippen LogP contribution in [0.25, 0.3) is 16.7 Å². The maximum absolute atomic E-state index is 12.2. The number of thiophene rings is 1. The maximum Gasteiger partial charge on any atom is 0.266 e. The van der Waals surface area contributed by atoms with E-state index < -0.39 is 0 Å². The fourth-order valence-corrected chi connectivity index (χ4v) is 4.11. The highest BCUT2D eigenvalue weighted by molar-refractivity contribution is 7.10. The molecule has 7 nitrogen and oxygen atoms in total. The van der Waals surface area contributed by atoms with Gasteiger partial charge in [-0.1, -0.05) is 25.1 Å². The summed E-state index contributed by atoms with van der Waals surface area (Å²) in [6, 6.07) is 18.9. The van der Waals surface area contributed by atoms with Crippen LogP contribution in [0.1, 0.15) is 17.6 Å². The predicted molar refractivity (Wildman–Crippen MR) is 121 cm³/mol. The third-order valence-electron chi connectivity index (χ3n) is 4.85. The second-order valence-electron chi connectivity index (χ2n) is 6.97. The smallest absolute Gasteiger partial charge is 0.266 e. The number of aromatic nitrogens is 4. The normalized spacial score (nSPS) is 11.1. The Labute approximate surface area is 182 Å². The van der Waals surface area contributed by atoms with Gasteiger partial charge in [-0.05, 0) is 47.8 Å². The first-order chi connectivity index (χ1) is 15.2. The van der Waals surface area contributed by atoms with E-state index in [0.717, 1.165) is 28.2 Å². The summed E-state index contributed by atoms with van der Waals surface area (Å²) < 4.78 is 8.04. The van der Waals surface area contributed by atoms with Crippen molar-refractivity contribution in [1.29, 1.82) is 0 Å². The van der Waals surface area contributed by atoms with Crippen molar-refractivity contribution in [3.8, 4) is 11.6 Å². The van der Waals surface area contributed by atoms with Gasteiger partial charge in [-0.2, -0.15) is 0 Å². The minimum Gasteiger partial charge on any atom is -0.436 e. The van der Waals surface area contributed by atoms with Crippen LogP contribution in [0, 0.1) is 0 Å². The van der Waals surface area contributed by atoms with Crippen LogP contribution in [0.15, 0.2) is 66.0 Å². The number of ether oxygens (including phenoxy) is 1. The fraction of sp³-hybridized carbons (Fsp3) is 0.130. The molecular formula is C23H19N5O2S. The summed E-state index contributed by atoms with van der Waals surface area (Å²) in [5.41, 5.74) is 3.03. The van der Waals surface area contributed by atoms with Crippen molar-refractivity contribution in [2.24, 2.45) is 0 Å². The number of benzene rings is 2. The summed E-state index contributed by atoms with van der Waals surface area (Å²) in [5.74, 6) is 1.79. The van der Waals surface area contributed by atoms with Gasteiger partial charge in [0.2, 0.25) is 11.6 Å². The molecule has 0 saturated carbocycles. The summed E-state index contributed by atoms with van der Waals surface area (Å²) in [5, 5.41) is 13.5. The molecule has 8 heteroatoms. The van der Waals surface area contributed by atoms with Gasteiger partial charge in [-0.3, -0.25) is 9.20 Å². The van der Waals surface area contributed by atoms with Crippen LogP contribution in [0.2, 0.25) is 0 Å². The molecule has 0 unspecified atom stereocenters. The predicted octanol–water partition coefficient (Wildman–Crippen LogP) is 4.87. The molecule has 0 atom stereocenters. The van der Waals surface area contributed by atoms with Crippen molar-refractivity contribution in [1.82, 2.24) is 19.6 Å². The molecule has 0 aliphatic carbocycles. The SMILES string of the molecule is CCc1nnc2c(Oc3ccc(NC(=O)Cc4cccs4)cc3)nc3ccccc3n12. The lowest BCUT2D eigenvalue weighted by Crippen LogP contribution is -2.13. The second-order valence-corrected chi connectivity index (χ2v) is 8.00. The molecule has 31 heavy (non-hydrogen) atoms. The van der Waals surface area contributed by atoms with Crippen LogP contribution in [0.5, 0.6) is 11.6 Å². The Hall–Kier alpha value is -3.78. The highest BCUT2D eigenvalue weighted by Crippen LogP contribution is 2.28. The quantitative estimate of drug-likeness (QED) is 0.416. The van der Waals surface area contributed by atoms with Crippen LogP contribution in [0.3, 0.4) is 0 Å². The third-order valence-corrected chi connectivity index (χ3v) is 5.73. The van der Waals surface area contributed by atoms with Gasteiger partial charge in [-0.25, -0.2) is 4.98 Å². The van der Waals surface area contributed by atoms with Gasteiger partial charge >= 0.3 is 0 Å². The van der Waals surface area contributed by atoms with Crippen molar-refractivity contribution < 1.29 is 9.53 Å². The molecule has 2 aromatic carbocycles. The number of carbonyl (C=O) groups excluding carboxylic acids is 1. The zero-order valence-electron chi connectivity index (χ0n) is 16.8. The topological polar surface area (TPSA) is 81.4 Å². The molecule has 5 rings (SSSR count). The number of hydrogen-bond acceptors (Lipinski definition) is 6. The summed E-state index contributed by atoms with van der Waals surface area (Å²) in [6.07, 6.45) is 1.11. The Morgan fingerprint density at radius 1 is 1.06 bits per heavy atom. The van der Waals surface area contributed by atoms with E-state index >= 15 is 0 Å². The van der Waals surface area contributed by atoms with Gasteiger partial charge in [0.15, 0.2) is 0 Å². The first-order valence-electron chi connectivity index (χ1n) is 9.94. The molecule has 5 aromatic rings. The molecule has 0 radical (unpaired) electrons. The number of anilines is 1. The Balaban J connectivity index is 1.39. The molecule has 0 bridgehead atoms. The number of nitrogens with zero attached hydrogens (tertiary/aromatic N) is 4. The molecule has 0 fully saturated rings. The number of fused-ring (bicyclic) bond motifs is 3. The summed E-state index contributed by atoms with van der Waals surface area (Å²) in [6.45, 7) is 2.04. The summed E-state index contributed by atoms with van der Waals surface area (Å²) >= 11 is 1.57. The van der Waals surface area contributed by atoms with E-state index in [1.54, 1.807) is 35.6 Å². The Morgan fingerprint density at radius 3 is 2.68 bits per heavy atom. The monoisotopic (exact) mass is 429 g/mol. The highest BCUT2D eigenvalue weighted by atomic mass is 32.1. The molecular weight excluding hydrogens is 410 g/mol. The molecule has 3 aromatic heterocycles. The largest absolute Gasteiger partial charge is 0.436 e. The fourth-order valence-electron chi connectivity index (χ4n) is 3.41. The highest BCUT2D eigenvalue weighted by Gasteiger charge is 2.16. The Kier molecular flexibility index (Phi) is 5.05. The van der Waals surface area contributed by atoms with E-state index in [1.165, 1.54) is 0 Å². The maximum atomic E-state index is 12.2. The third kappa shape index (κ3) is 3.85. The van der Waals surface area contributed by atoms with Gasteiger partial charge in [0.05, 0.1) is 17.5 Å². The lowest BCUT2D eigenvalue weighted by atomic mass is 10.2. The number of aryl methyl sites for hydroxylation is 1. The van der Waals surface area contributed by atoms with Crippen molar-refractivity contribution in [3.63, 3.8) is 0 Å². The van der Waals surface area contributed by atoms with Crippen LogP contribution in [-0.4, -0.2) is 25.5 Å². The van der Waals surface area contributed by atoms with Crippen molar-refractivity contribution >= 4 is 39.6 Å². The molecule has 0 saturated heterocycles. The standard InChI is InChI=1S/C23H19N5O2S/c1-2-20-26-27-22-23(25-18-7-3-4-8-19(18)28(20)22)30-16-11-9-15(10-12-16)24-21(29)14-17-6-5-13-31-17/h3-13H,2,14H2,1H3,(H,24,29). The van der Waals surface area contributed by atoms with E-state index in [1.807, 2.05) is 53.1 Å². The Bertz CT molecular complexity index is 1360. The molecule has 0 aliphatic rings. The first-order valence-corrected chi connectivity index (χ1v) is 10.8. The van der Waals surface area contributed by atoms with Crippen LogP contribution < -0.4 is 10.1 Å². The first kappa shape index (κ1) is 19.2. The van der Waals surface area contributed by atoms with Crippen molar-refractivity contribution in [2.75, 3.05) is 5.32 Å². The minimum absolute atomic E-state index is 0.0513. The van der Waals surface area contributed by atoms with Gasteiger partial charge in [-0.15, -0.1) is 21.5 Å². The van der Waals surface area contributed by atoms with E-state index in [-0.39, 0.29) is 5.91 Å². The molecule has 154 valence electrons. The number of amides is 1. The Morgan fingerprint density at radius 2 is 1.90 bits per heavy atom. The van der Waals surface area contributed by atoms with Gasteiger partial charge < -0.3 is 10.1 Å². The average molecular weight is 430 g/mol. The van der Waals surface area contributed by atoms with Gasteiger partial charge in [0.25, 0.3) is 5.88 Å². The van der Waals surface area contributed by atoms with E-state index in [4.69, 9.17) is 4.74 Å². The lowest BCUT2D eigenvalue weighted by Gasteiger charge is -2.10. The molecule has 1 amide bonds. The molecule has 0 spiro atoms. The van der Waals surface area contributed by atoms with Crippen LogP contribution in [-0.2, 0) is 17.6 Å². The van der Waals surface area contributed by atoms with Gasteiger partial charge in [0, 0.05) is 17.0 Å². The zero-order valence-corrected chi connectivity index (χ0v) is 17.6. The zero-order chi connectivity index (χ0) is 21.2. The molecule has 3 heterocycles. The van der Waals surface area contributed by atoms with Crippen LogP contribution in [0.4, 0.5) is 5.69 Å². The molecule has 1 N–H and O–H groups in total. The van der Waals surface area contributed by atoms with Crippen molar-refractivity contribution in [2.45, 2.75) is 19.8 Å². The second kappa shape index (κ2) is 8.16. The number of carbonyl (C=O) groups is 1. The van der Waals surface area contributed by atoms with Crippen LogP contribution >= 0.6 is 11.3 Å². The van der Waals surface area contributed by atoms with Gasteiger partial charge in [0.1, 0.15) is 11.6 Å². The number of para-hydroxylation sites is 2. The number of hydrogen-bond donors (Lipinski definition) is 1. The number of rotatable bonds is 6. The summed E-state index contributed by atoms with van der Waals surface area (Å²) in [4.78, 5) is 17.9. The van der Waals surface area contributed by atoms with Crippen molar-refractivity contribution in [3.05, 3.63) is 76.7 Å². The number of nitrogens with one attached hydrogen (secondary N) is 1. The van der Waals surface area contributed by atoms with E-state index in [2.05, 4.69) is 20.5 Å².